The number of hydrogen-bond donors (Lipinski definition) is 1. The zero-order chi connectivity index (χ0) is 19.5. The fraction of sp³-hybridized carbons (Fsp3) is 0.0909. The van der Waals surface area contributed by atoms with E-state index in [1.54, 1.807) is 18.1 Å². The van der Waals surface area contributed by atoms with Crippen LogP contribution in [0.25, 0.3) is 22.4 Å². The van der Waals surface area contributed by atoms with Gasteiger partial charge in [0.05, 0.1) is 16.7 Å². The average Bonchev–Trinajstić information content (AvgIpc) is 2.74. The number of aromatic nitrogens is 3. The topological polar surface area (TPSA) is 71.0 Å². The van der Waals surface area contributed by atoms with E-state index in [9.17, 15) is 4.79 Å². The Bertz CT molecular complexity index is 1130. The van der Waals surface area contributed by atoms with E-state index in [1.807, 2.05) is 66.7 Å². The van der Waals surface area contributed by atoms with Crippen LogP contribution in [-0.2, 0) is 4.79 Å². The van der Waals surface area contributed by atoms with Crippen molar-refractivity contribution in [1.29, 1.82) is 0 Å². The average molecular weight is 369 g/mol. The van der Waals surface area contributed by atoms with Gasteiger partial charge in [0.25, 0.3) is 0 Å². The molecule has 6 heteroatoms. The Kier molecular flexibility index (Phi) is 4.68. The van der Waals surface area contributed by atoms with Gasteiger partial charge >= 0.3 is 0 Å². The number of benzene rings is 2. The molecule has 2 heterocycles. The third-order valence-corrected chi connectivity index (χ3v) is 4.47. The maximum absolute atomic E-state index is 11.5. The summed E-state index contributed by atoms with van der Waals surface area (Å²) in [4.78, 5) is 27.1. The van der Waals surface area contributed by atoms with Crippen molar-refractivity contribution in [3.8, 4) is 11.4 Å². The highest BCUT2D eigenvalue weighted by Crippen LogP contribution is 2.28. The van der Waals surface area contributed by atoms with Gasteiger partial charge in [0.2, 0.25) is 5.91 Å². The van der Waals surface area contributed by atoms with E-state index in [2.05, 4.69) is 10.3 Å². The van der Waals surface area contributed by atoms with Gasteiger partial charge in [-0.25, -0.2) is 9.97 Å². The summed E-state index contributed by atoms with van der Waals surface area (Å²) in [6.07, 6.45) is 1.74. The summed E-state index contributed by atoms with van der Waals surface area (Å²) in [6.45, 7) is 1.54. The number of fused-ring (bicyclic) bond motifs is 1. The van der Waals surface area contributed by atoms with Crippen molar-refractivity contribution in [2.24, 2.45) is 0 Å². The van der Waals surface area contributed by atoms with E-state index in [4.69, 9.17) is 9.97 Å². The van der Waals surface area contributed by atoms with Crippen molar-refractivity contribution < 1.29 is 4.79 Å². The summed E-state index contributed by atoms with van der Waals surface area (Å²) in [5.41, 5.74) is 4.72. The number of para-hydroxylation sites is 2. The van der Waals surface area contributed by atoms with Gasteiger partial charge in [-0.15, -0.1) is 0 Å². The zero-order valence-corrected chi connectivity index (χ0v) is 15.6. The van der Waals surface area contributed by atoms with Crippen LogP contribution in [0.4, 0.5) is 17.2 Å². The number of carbonyl (C=O) groups excluding carboxylic acids is 1. The van der Waals surface area contributed by atoms with E-state index in [0.717, 1.165) is 28.1 Å². The molecule has 0 radical (unpaired) electrons. The third-order valence-electron chi connectivity index (χ3n) is 4.47. The number of anilines is 3. The highest BCUT2D eigenvalue weighted by molar-refractivity contribution is 5.91. The smallest absolute Gasteiger partial charge is 0.223 e. The van der Waals surface area contributed by atoms with Crippen LogP contribution in [0, 0.1) is 0 Å². The van der Waals surface area contributed by atoms with E-state index >= 15 is 0 Å². The molecule has 1 N–H and O–H groups in total. The van der Waals surface area contributed by atoms with Crippen LogP contribution in [0.2, 0.25) is 0 Å². The molecular weight excluding hydrogens is 350 g/mol. The first-order valence-corrected chi connectivity index (χ1v) is 8.91. The molecule has 2 aromatic heterocycles. The molecule has 0 aliphatic rings. The lowest BCUT2D eigenvalue weighted by Crippen LogP contribution is -2.22. The minimum Gasteiger partial charge on any atom is -0.338 e. The number of nitrogens with one attached hydrogen (secondary N) is 1. The molecule has 0 spiro atoms. The van der Waals surface area contributed by atoms with Crippen molar-refractivity contribution in [1.82, 2.24) is 15.0 Å². The normalized spacial score (nSPS) is 10.6. The van der Waals surface area contributed by atoms with Gasteiger partial charge in [-0.2, -0.15) is 0 Å². The second-order valence-electron chi connectivity index (χ2n) is 6.37. The maximum Gasteiger partial charge on any atom is 0.223 e. The summed E-state index contributed by atoms with van der Waals surface area (Å²) < 4.78 is 0. The van der Waals surface area contributed by atoms with Crippen LogP contribution in [0.5, 0.6) is 0 Å². The van der Waals surface area contributed by atoms with E-state index in [1.165, 1.54) is 6.92 Å². The number of carbonyl (C=O) groups is 1. The molecule has 0 bridgehead atoms. The second-order valence-corrected chi connectivity index (χ2v) is 6.37. The predicted molar refractivity (Wildman–Crippen MR) is 112 cm³/mol. The molecule has 0 fully saturated rings. The number of rotatable bonds is 4. The maximum atomic E-state index is 11.5. The number of amides is 1. The summed E-state index contributed by atoms with van der Waals surface area (Å²) in [7, 11) is 1.75. The van der Waals surface area contributed by atoms with Crippen molar-refractivity contribution >= 4 is 34.1 Å². The lowest BCUT2D eigenvalue weighted by atomic mass is 10.2. The highest BCUT2D eigenvalue weighted by atomic mass is 16.2. The second kappa shape index (κ2) is 7.44. The number of pyridine rings is 1. The molecule has 0 saturated heterocycles. The van der Waals surface area contributed by atoms with Gasteiger partial charge in [0.15, 0.2) is 5.82 Å². The van der Waals surface area contributed by atoms with Crippen LogP contribution in [0.15, 0.2) is 72.9 Å². The van der Waals surface area contributed by atoms with E-state index in [-0.39, 0.29) is 5.91 Å². The van der Waals surface area contributed by atoms with Crippen molar-refractivity contribution in [3.05, 3.63) is 72.9 Å². The molecule has 4 rings (SSSR count). The highest BCUT2D eigenvalue weighted by Gasteiger charge is 2.13. The van der Waals surface area contributed by atoms with Crippen LogP contribution in [0.1, 0.15) is 6.92 Å². The lowest BCUT2D eigenvalue weighted by molar-refractivity contribution is -0.116. The first-order valence-electron chi connectivity index (χ1n) is 8.91. The standard InChI is InChI=1S/C22H19N5O/c1-15(28)27(2)17-12-10-16(11-13-17)24-22-21(20-9-5-6-14-23-20)25-18-7-3-4-8-19(18)26-22/h3-14H,1-2H3,(H,24,26). The minimum atomic E-state index is -0.0152. The molecular formula is C22H19N5O. The van der Waals surface area contributed by atoms with E-state index < -0.39 is 0 Å². The quantitative estimate of drug-likeness (QED) is 0.577. The molecule has 0 aliphatic heterocycles. The molecule has 0 saturated carbocycles. The van der Waals surface area contributed by atoms with Gasteiger partial charge in [0, 0.05) is 31.5 Å². The van der Waals surface area contributed by atoms with Crippen LogP contribution in [0.3, 0.4) is 0 Å². The van der Waals surface area contributed by atoms with Crippen LogP contribution >= 0.6 is 0 Å². The fourth-order valence-corrected chi connectivity index (χ4v) is 2.86. The first-order chi connectivity index (χ1) is 13.6. The van der Waals surface area contributed by atoms with E-state index in [0.29, 0.717) is 11.5 Å². The van der Waals surface area contributed by atoms with Crippen LogP contribution in [-0.4, -0.2) is 27.9 Å². The predicted octanol–water partition coefficient (Wildman–Crippen LogP) is 4.42. The molecule has 2 aromatic carbocycles. The Morgan fingerprint density at radius 1 is 0.893 bits per heavy atom. The SMILES string of the molecule is CC(=O)N(C)c1ccc(Nc2nc3ccccc3nc2-c2ccccn2)cc1. The van der Waals surface area contributed by atoms with Crippen molar-refractivity contribution in [3.63, 3.8) is 0 Å². The fourth-order valence-electron chi connectivity index (χ4n) is 2.86. The van der Waals surface area contributed by atoms with Gasteiger partial charge in [-0.1, -0.05) is 18.2 Å². The number of nitrogens with zero attached hydrogens (tertiary/aromatic N) is 4. The third kappa shape index (κ3) is 3.53. The van der Waals surface area contributed by atoms with Gasteiger partial charge in [-0.3, -0.25) is 9.78 Å². The minimum absolute atomic E-state index is 0.0152. The molecule has 6 nitrogen and oxygen atoms in total. The summed E-state index contributed by atoms with van der Waals surface area (Å²) >= 11 is 0. The zero-order valence-electron chi connectivity index (χ0n) is 15.6. The first kappa shape index (κ1) is 17.6. The molecule has 0 atom stereocenters. The Balaban J connectivity index is 1.74. The summed E-state index contributed by atoms with van der Waals surface area (Å²) in [5, 5.41) is 3.34. The van der Waals surface area contributed by atoms with Gasteiger partial charge < -0.3 is 10.2 Å². The monoisotopic (exact) mass is 369 g/mol. The summed E-state index contributed by atoms with van der Waals surface area (Å²) in [5.74, 6) is 0.614. The molecule has 4 aromatic rings. The molecule has 28 heavy (non-hydrogen) atoms. The van der Waals surface area contributed by atoms with Crippen molar-refractivity contribution in [2.45, 2.75) is 6.92 Å². The molecule has 138 valence electrons. The Hall–Kier alpha value is -3.80. The Morgan fingerprint density at radius 3 is 2.21 bits per heavy atom. The summed E-state index contributed by atoms with van der Waals surface area (Å²) in [6, 6.07) is 21.0. The Morgan fingerprint density at radius 2 is 1.57 bits per heavy atom. The van der Waals surface area contributed by atoms with Gasteiger partial charge in [-0.05, 0) is 48.5 Å². The van der Waals surface area contributed by atoms with Crippen LogP contribution < -0.4 is 10.2 Å². The Labute approximate surface area is 162 Å². The molecule has 1 amide bonds. The van der Waals surface area contributed by atoms with Gasteiger partial charge in [0.1, 0.15) is 5.69 Å². The lowest BCUT2D eigenvalue weighted by Gasteiger charge is -2.16. The van der Waals surface area contributed by atoms with Crippen molar-refractivity contribution in [2.75, 3.05) is 17.3 Å². The largest absolute Gasteiger partial charge is 0.338 e. The molecule has 0 unspecified atom stereocenters. The molecule has 0 aliphatic carbocycles. The number of hydrogen-bond acceptors (Lipinski definition) is 5.